The molecule has 0 aliphatic heterocycles. The number of aliphatic hydroxyl groups is 1. The third-order valence-electron chi connectivity index (χ3n) is 3.23. The summed E-state index contributed by atoms with van der Waals surface area (Å²) in [7, 11) is 4.04. The lowest BCUT2D eigenvalue weighted by atomic mass is 10.1. The molecule has 1 heterocycles. The third kappa shape index (κ3) is 4.27. The molecule has 0 saturated heterocycles. The molecule has 4 nitrogen and oxygen atoms in total. The van der Waals surface area contributed by atoms with Gasteiger partial charge in [-0.25, -0.2) is 4.98 Å². The van der Waals surface area contributed by atoms with Crippen LogP contribution in [0.4, 0.5) is 5.82 Å². The van der Waals surface area contributed by atoms with Crippen LogP contribution in [0.2, 0.25) is 0 Å². The molecule has 0 aliphatic rings. The normalized spacial score (nSPS) is 12.4. The van der Waals surface area contributed by atoms with Gasteiger partial charge in [0.2, 0.25) is 0 Å². The van der Waals surface area contributed by atoms with Crippen molar-refractivity contribution in [3.05, 3.63) is 23.9 Å². The van der Waals surface area contributed by atoms with Crippen molar-refractivity contribution in [2.24, 2.45) is 0 Å². The molecule has 0 bridgehead atoms. The first-order chi connectivity index (χ1) is 8.70. The van der Waals surface area contributed by atoms with Gasteiger partial charge < -0.3 is 15.3 Å². The molecular weight excluding hydrogens is 226 g/mol. The minimum absolute atomic E-state index is 0.287. The molecule has 1 rings (SSSR count). The average molecular weight is 251 g/mol. The van der Waals surface area contributed by atoms with Gasteiger partial charge in [0.25, 0.3) is 0 Å². The second-order valence-electron chi connectivity index (χ2n) is 4.63. The standard InChI is InChI=1S/C14H25N3O/c1-12(15-2)13-8-7-9-16-14(13)17(3)10-5-4-6-11-18/h7-9,12,15,18H,4-6,10-11H2,1-3H3. The number of nitrogens with zero attached hydrogens (tertiary/aromatic N) is 2. The number of aromatic nitrogens is 1. The van der Waals surface area contributed by atoms with Crippen molar-refractivity contribution >= 4 is 5.82 Å². The van der Waals surface area contributed by atoms with Crippen LogP contribution in [0.25, 0.3) is 0 Å². The first kappa shape index (κ1) is 14.9. The summed E-state index contributed by atoms with van der Waals surface area (Å²) < 4.78 is 0. The van der Waals surface area contributed by atoms with Gasteiger partial charge in [-0.3, -0.25) is 0 Å². The van der Waals surface area contributed by atoms with Gasteiger partial charge in [0, 0.05) is 38.0 Å². The molecule has 0 fully saturated rings. The van der Waals surface area contributed by atoms with Crippen molar-refractivity contribution < 1.29 is 5.11 Å². The van der Waals surface area contributed by atoms with E-state index in [9.17, 15) is 0 Å². The van der Waals surface area contributed by atoms with Gasteiger partial charge in [-0.2, -0.15) is 0 Å². The Morgan fingerprint density at radius 3 is 2.83 bits per heavy atom. The number of anilines is 1. The maximum atomic E-state index is 8.76. The highest BCUT2D eigenvalue weighted by Crippen LogP contribution is 2.22. The quantitative estimate of drug-likeness (QED) is 0.693. The highest BCUT2D eigenvalue weighted by molar-refractivity contribution is 5.47. The fourth-order valence-electron chi connectivity index (χ4n) is 1.97. The number of hydrogen-bond donors (Lipinski definition) is 2. The zero-order valence-electron chi connectivity index (χ0n) is 11.7. The molecule has 2 N–H and O–H groups in total. The maximum absolute atomic E-state index is 8.76. The Labute approximate surface area is 110 Å². The molecule has 0 radical (unpaired) electrons. The van der Waals surface area contributed by atoms with Crippen LogP contribution in [0.3, 0.4) is 0 Å². The second kappa shape index (κ2) is 8.06. The Morgan fingerprint density at radius 1 is 1.39 bits per heavy atom. The summed E-state index contributed by atoms with van der Waals surface area (Å²) in [5.41, 5.74) is 1.23. The number of hydrogen-bond acceptors (Lipinski definition) is 4. The van der Waals surface area contributed by atoms with Gasteiger partial charge in [-0.15, -0.1) is 0 Å². The van der Waals surface area contributed by atoms with E-state index in [0.29, 0.717) is 6.04 Å². The van der Waals surface area contributed by atoms with Crippen molar-refractivity contribution in [1.82, 2.24) is 10.3 Å². The summed E-state index contributed by atoms with van der Waals surface area (Å²) >= 11 is 0. The summed E-state index contributed by atoms with van der Waals surface area (Å²) in [6, 6.07) is 4.40. The molecule has 18 heavy (non-hydrogen) atoms. The Kier molecular flexibility index (Phi) is 6.68. The van der Waals surface area contributed by atoms with E-state index in [-0.39, 0.29) is 6.61 Å². The van der Waals surface area contributed by atoms with Crippen LogP contribution in [0, 0.1) is 0 Å². The number of nitrogens with one attached hydrogen (secondary N) is 1. The van der Waals surface area contributed by atoms with E-state index < -0.39 is 0 Å². The van der Waals surface area contributed by atoms with E-state index in [2.05, 4.69) is 35.2 Å². The zero-order valence-corrected chi connectivity index (χ0v) is 11.7. The van der Waals surface area contributed by atoms with Crippen LogP contribution < -0.4 is 10.2 Å². The van der Waals surface area contributed by atoms with Crippen LogP contribution in [0.1, 0.15) is 37.8 Å². The lowest BCUT2D eigenvalue weighted by Crippen LogP contribution is -2.24. The fraction of sp³-hybridized carbons (Fsp3) is 0.643. The topological polar surface area (TPSA) is 48.4 Å². The van der Waals surface area contributed by atoms with E-state index in [1.54, 1.807) is 0 Å². The van der Waals surface area contributed by atoms with E-state index in [1.807, 2.05) is 19.3 Å². The van der Waals surface area contributed by atoms with Crippen molar-refractivity contribution in [2.45, 2.75) is 32.2 Å². The molecule has 0 aliphatic carbocycles. The summed E-state index contributed by atoms with van der Waals surface area (Å²) in [5, 5.41) is 12.0. The highest BCUT2D eigenvalue weighted by Gasteiger charge is 2.12. The van der Waals surface area contributed by atoms with Gasteiger partial charge in [0.1, 0.15) is 5.82 Å². The Balaban J connectivity index is 2.63. The Hall–Kier alpha value is -1.13. The monoisotopic (exact) mass is 251 g/mol. The number of pyridine rings is 1. The average Bonchev–Trinajstić information content (AvgIpc) is 2.42. The fourth-order valence-corrected chi connectivity index (χ4v) is 1.97. The number of rotatable bonds is 8. The van der Waals surface area contributed by atoms with Crippen LogP contribution in [0.5, 0.6) is 0 Å². The second-order valence-corrected chi connectivity index (χ2v) is 4.63. The molecule has 1 aromatic heterocycles. The van der Waals surface area contributed by atoms with Gasteiger partial charge >= 0.3 is 0 Å². The van der Waals surface area contributed by atoms with Crippen molar-refractivity contribution in [1.29, 1.82) is 0 Å². The molecule has 0 spiro atoms. The molecule has 0 saturated carbocycles. The molecule has 4 heteroatoms. The van der Waals surface area contributed by atoms with E-state index in [1.165, 1.54) is 5.56 Å². The van der Waals surface area contributed by atoms with Crippen LogP contribution in [-0.2, 0) is 0 Å². The molecule has 1 unspecified atom stereocenters. The van der Waals surface area contributed by atoms with Crippen molar-refractivity contribution in [3.63, 3.8) is 0 Å². The lowest BCUT2D eigenvalue weighted by Gasteiger charge is -2.23. The van der Waals surface area contributed by atoms with Gasteiger partial charge in [0.15, 0.2) is 0 Å². The highest BCUT2D eigenvalue weighted by atomic mass is 16.2. The molecule has 1 atom stereocenters. The van der Waals surface area contributed by atoms with Crippen LogP contribution >= 0.6 is 0 Å². The minimum Gasteiger partial charge on any atom is -0.396 e. The van der Waals surface area contributed by atoms with Gasteiger partial charge in [0.05, 0.1) is 0 Å². The first-order valence-electron chi connectivity index (χ1n) is 6.65. The summed E-state index contributed by atoms with van der Waals surface area (Å²) in [4.78, 5) is 6.68. The Bertz CT molecular complexity index is 344. The molecule has 0 amide bonds. The molecule has 1 aromatic rings. The van der Waals surface area contributed by atoms with E-state index in [4.69, 9.17) is 5.11 Å². The predicted octanol–water partition coefficient (Wildman–Crippen LogP) is 1.96. The van der Waals surface area contributed by atoms with Crippen molar-refractivity contribution in [3.8, 4) is 0 Å². The maximum Gasteiger partial charge on any atom is 0.133 e. The van der Waals surface area contributed by atoms with Gasteiger partial charge in [-0.1, -0.05) is 6.07 Å². The van der Waals surface area contributed by atoms with Gasteiger partial charge in [-0.05, 0) is 39.3 Å². The molecular formula is C14H25N3O. The third-order valence-corrected chi connectivity index (χ3v) is 3.23. The summed E-state index contributed by atoms with van der Waals surface area (Å²) in [6.45, 7) is 3.40. The summed E-state index contributed by atoms with van der Waals surface area (Å²) in [6.07, 6.45) is 4.87. The van der Waals surface area contributed by atoms with Crippen molar-refractivity contribution in [2.75, 3.05) is 32.1 Å². The smallest absolute Gasteiger partial charge is 0.133 e. The zero-order chi connectivity index (χ0) is 13.4. The predicted molar refractivity (Wildman–Crippen MR) is 75.9 cm³/mol. The SMILES string of the molecule is CNC(C)c1cccnc1N(C)CCCCCO. The van der Waals surface area contributed by atoms with Crippen LogP contribution in [-0.4, -0.2) is 37.3 Å². The van der Waals surface area contributed by atoms with E-state index >= 15 is 0 Å². The van der Waals surface area contributed by atoms with Crippen LogP contribution in [0.15, 0.2) is 18.3 Å². The first-order valence-corrected chi connectivity index (χ1v) is 6.65. The number of aliphatic hydroxyl groups excluding tert-OH is 1. The largest absolute Gasteiger partial charge is 0.396 e. The Morgan fingerprint density at radius 2 is 2.17 bits per heavy atom. The molecule has 102 valence electrons. The summed E-state index contributed by atoms with van der Waals surface area (Å²) in [5.74, 6) is 1.04. The molecule has 0 aromatic carbocycles. The van der Waals surface area contributed by atoms with E-state index in [0.717, 1.165) is 31.6 Å². The number of unbranched alkanes of at least 4 members (excludes halogenated alkanes) is 2. The lowest BCUT2D eigenvalue weighted by molar-refractivity contribution is 0.283. The minimum atomic E-state index is 0.287.